The van der Waals surface area contributed by atoms with Crippen LogP contribution in [0.3, 0.4) is 0 Å². The van der Waals surface area contributed by atoms with Gasteiger partial charge in [-0.1, -0.05) is 0 Å². The molecule has 0 aliphatic carbocycles. The molecule has 2 N–H and O–H groups in total. The molecule has 1 aliphatic rings. The summed E-state index contributed by atoms with van der Waals surface area (Å²) in [6, 6.07) is 1.86. The average Bonchev–Trinajstić information content (AvgIpc) is 2.62. The fraction of sp³-hybridized carbons (Fsp3) is 0.267. The molecule has 128 valence electrons. The minimum atomic E-state index is 0.180. The molecule has 1 fully saturated rings. The van der Waals surface area contributed by atoms with Gasteiger partial charge in [-0.3, -0.25) is 0 Å². The van der Waals surface area contributed by atoms with Crippen LogP contribution in [-0.4, -0.2) is 51.2 Å². The van der Waals surface area contributed by atoms with Crippen LogP contribution in [0.4, 0.5) is 11.8 Å². The van der Waals surface area contributed by atoms with Crippen molar-refractivity contribution in [2.75, 3.05) is 36.9 Å². The molecule has 1 saturated heterocycles. The van der Waals surface area contributed by atoms with Gasteiger partial charge in [0.05, 0.1) is 25.1 Å². The zero-order valence-electron chi connectivity index (χ0n) is 13.0. The van der Waals surface area contributed by atoms with Crippen molar-refractivity contribution in [3.05, 3.63) is 27.5 Å². The minimum Gasteiger partial charge on any atom is -0.378 e. The first-order valence-electron chi connectivity index (χ1n) is 7.57. The van der Waals surface area contributed by atoms with Crippen LogP contribution < -0.4 is 10.6 Å². The van der Waals surface area contributed by atoms with Gasteiger partial charge in [0.15, 0.2) is 17.0 Å². The summed E-state index contributed by atoms with van der Waals surface area (Å²) in [5.74, 6) is 0.857. The SMILES string of the molecule is Nc1nc(N2CCOCC2)c2nc(-c3c(Br)ccnc3Br)cnc2n1. The summed E-state index contributed by atoms with van der Waals surface area (Å²) >= 11 is 7.01. The normalized spacial score (nSPS) is 14.9. The molecule has 3 aromatic heterocycles. The number of anilines is 2. The number of fused-ring (bicyclic) bond motifs is 1. The number of ether oxygens (including phenoxy) is 1. The van der Waals surface area contributed by atoms with Gasteiger partial charge in [-0.05, 0) is 37.9 Å². The number of nitrogens with zero attached hydrogens (tertiary/aromatic N) is 6. The summed E-state index contributed by atoms with van der Waals surface area (Å²) in [4.78, 5) is 24.2. The van der Waals surface area contributed by atoms with Crippen molar-refractivity contribution >= 4 is 54.8 Å². The summed E-state index contributed by atoms with van der Waals surface area (Å²) in [5.41, 5.74) is 8.42. The van der Waals surface area contributed by atoms with Gasteiger partial charge in [-0.15, -0.1) is 0 Å². The lowest BCUT2D eigenvalue weighted by molar-refractivity contribution is 0.122. The van der Waals surface area contributed by atoms with E-state index in [1.54, 1.807) is 12.4 Å². The van der Waals surface area contributed by atoms with Gasteiger partial charge in [-0.25, -0.2) is 15.0 Å². The molecule has 25 heavy (non-hydrogen) atoms. The molecule has 0 atom stereocenters. The second kappa shape index (κ2) is 6.77. The monoisotopic (exact) mass is 465 g/mol. The first kappa shape index (κ1) is 16.6. The number of halogens is 2. The van der Waals surface area contributed by atoms with Crippen LogP contribution in [0.1, 0.15) is 0 Å². The molecule has 0 unspecified atom stereocenters. The first-order chi connectivity index (χ1) is 12.1. The molecule has 1 aliphatic heterocycles. The Morgan fingerprint density at radius 1 is 1.08 bits per heavy atom. The molecule has 8 nitrogen and oxygen atoms in total. The fourth-order valence-electron chi connectivity index (χ4n) is 2.67. The third-order valence-electron chi connectivity index (χ3n) is 3.83. The van der Waals surface area contributed by atoms with Crippen LogP contribution in [0.15, 0.2) is 27.5 Å². The first-order valence-corrected chi connectivity index (χ1v) is 9.15. The highest BCUT2D eigenvalue weighted by atomic mass is 79.9. The summed E-state index contributed by atoms with van der Waals surface area (Å²) in [6.45, 7) is 2.71. The highest BCUT2D eigenvalue weighted by molar-refractivity contribution is 9.11. The lowest BCUT2D eigenvalue weighted by atomic mass is 10.2. The van der Waals surface area contributed by atoms with Crippen molar-refractivity contribution in [3.8, 4) is 11.3 Å². The third-order valence-corrected chi connectivity index (χ3v) is 5.09. The van der Waals surface area contributed by atoms with Crippen molar-refractivity contribution in [2.24, 2.45) is 0 Å². The van der Waals surface area contributed by atoms with Crippen molar-refractivity contribution in [2.45, 2.75) is 0 Å². The molecule has 0 amide bonds. The van der Waals surface area contributed by atoms with E-state index in [1.807, 2.05) is 6.07 Å². The molecular formula is C15H13Br2N7O. The molecule has 0 spiro atoms. The number of nitrogens with two attached hydrogens (primary N) is 1. The highest BCUT2D eigenvalue weighted by Gasteiger charge is 2.20. The van der Waals surface area contributed by atoms with E-state index in [-0.39, 0.29) is 5.95 Å². The second-order valence-electron chi connectivity index (χ2n) is 5.39. The van der Waals surface area contributed by atoms with E-state index >= 15 is 0 Å². The number of hydrogen-bond donors (Lipinski definition) is 1. The quantitative estimate of drug-likeness (QED) is 0.574. The van der Waals surface area contributed by atoms with Gasteiger partial charge >= 0.3 is 0 Å². The summed E-state index contributed by atoms with van der Waals surface area (Å²) in [7, 11) is 0. The number of pyridine rings is 1. The lowest BCUT2D eigenvalue weighted by Crippen LogP contribution is -2.37. The number of aromatic nitrogens is 5. The van der Waals surface area contributed by atoms with Gasteiger partial charge < -0.3 is 15.4 Å². The maximum atomic E-state index is 5.86. The van der Waals surface area contributed by atoms with E-state index in [9.17, 15) is 0 Å². The topological polar surface area (TPSA) is 103 Å². The number of rotatable bonds is 2. The van der Waals surface area contributed by atoms with Crippen molar-refractivity contribution in [1.82, 2.24) is 24.9 Å². The predicted octanol–water partition coefficient (Wildman–Crippen LogP) is 2.43. The number of hydrogen-bond acceptors (Lipinski definition) is 8. The van der Waals surface area contributed by atoms with E-state index in [0.717, 1.165) is 23.1 Å². The van der Waals surface area contributed by atoms with Gasteiger partial charge in [0.1, 0.15) is 4.60 Å². The molecule has 0 aromatic carbocycles. The van der Waals surface area contributed by atoms with Crippen LogP contribution in [0, 0.1) is 0 Å². The van der Waals surface area contributed by atoms with E-state index < -0.39 is 0 Å². The van der Waals surface area contributed by atoms with Gasteiger partial charge in [0.2, 0.25) is 5.95 Å². The summed E-state index contributed by atoms with van der Waals surface area (Å²) in [5, 5.41) is 0. The molecule has 0 saturated carbocycles. The molecule has 0 bridgehead atoms. The smallest absolute Gasteiger partial charge is 0.224 e. The summed E-state index contributed by atoms with van der Waals surface area (Å²) < 4.78 is 6.96. The fourth-order valence-corrected chi connectivity index (χ4v) is 3.98. The Balaban J connectivity index is 1.91. The standard InChI is InChI=1S/C15H13Br2N7O/c16-8-1-2-19-12(17)10(8)9-7-20-13-11(21-9)14(23-15(18)22-13)24-3-5-25-6-4-24/h1-2,7H,3-6H2,(H2,18,20,22,23). The largest absolute Gasteiger partial charge is 0.378 e. The van der Waals surface area contributed by atoms with Crippen LogP contribution in [-0.2, 0) is 4.74 Å². The molecular weight excluding hydrogens is 454 g/mol. The van der Waals surface area contributed by atoms with Crippen LogP contribution in [0.5, 0.6) is 0 Å². The molecule has 4 rings (SSSR count). The maximum Gasteiger partial charge on any atom is 0.224 e. The van der Waals surface area contributed by atoms with Crippen LogP contribution in [0.2, 0.25) is 0 Å². The second-order valence-corrected chi connectivity index (χ2v) is 7.00. The Morgan fingerprint density at radius 3 is 2.64 bits per heavy atom. The minimum absolute atomic E-state index is 0.180. The van der Waals surface area contributed by atoms with E-state index in [0.29, 0.717) is 40.5 Å². The van der Waals surface area contributed by atoms with E-state index in [1.165, 1.54) is 0 Å². The third kappa shape index (κ3) is 3.16. The highest BCUT2D eigenvalue weighted by Crippen LogP contribution is 2.33. The van der Waals surface area contributed by atoms with Crippen LogP contribution in [0.25, 0.3) is 22.4 Å². The zero-order chi connectivity index (χ0) is 17.4. The predicted molar refractivity (Wildman–Crippen MR) is 101 cm³/mol. The van der Waals surface area contributed by atoms with Gasteiger partial charge in [0.25, 0.3) is 0 Å². The van der Waals surface area contributed by atoms with E-state index in [2.05, 4.69) is 56.7 Å². The molecule has 4 heterocycles. The van der Waals surface area contributed by atoms with Gasteiger partial charge in [0, 0.05) is 29.3 Å². The van der Waals surface area contributed by atoms with Crippen molar-refractivity contribution in [1.29, 1.82) is 0 Å². The van der Waals surface area contributed by atoms with Gasteiger partial charge in [-0.2, -0.15) is 9.97 Å². The Morgan fingerprint density at radius 2 is 1.88 bits per heavy atom. The molecule has 0 radical (unpaired) electrons. The van der Waals surface area contributed by atoms with E-state index in [4.69, 9.17) is 15.5 Å². The average molecular weight is 467 g/mol. The summed E-state index contributed by atoms with van der Waals surface area (Å²) in [6.07, 6.45) is 3.36. The lowest BCUT2D eigenvalue weighted by Gasteiger charge is -2.28. The van der Waals surface area contributed by atoms with Crippen molar-refractivity contribution < 1.29 is 4.74 Å². The molecule has 10 heteroatoms. The Labute approximate surface area is 160 Å². The Bertz CT molecular complexity index is 926. The molecule has 3 aromatic rings. The number of nitrogen functional groups attached to an aromatic ring is 1. The van der Waals surface area contributed by atoms with Crippen LogP contribution >= 0.6 is 31.9 Å². The zero-order valence-corrected chi connectivity index (χ0v) is 16.2. The Kier molecular flexibility index (Phi) is 4.48. The van der Waals surface area contributed by atoms with Crippen molar-refractivity contribution in [3.63, 3.8) is 0 Å². The number of morpholine rings is 1. The maximum absolute atomic E-state index is 5.86. The Hall–Kier alpha value is -1.91.